The molecular weight excluding hydrogens is 226 g/mol. The number of rotatable bonds is 4. The summed E-state index contributed by atoms with van der Waals surface area (Å²) < 4.78 is 0. The van der Waals surface area contributed by atoms with E-state index in [0.29, 0.717) is 5.25 Å². The molecule has 0 aromatic carbocycles. The van der Waals surface area contributed by atoms with E-state index < -0.39 is 0 Å². The molecule has 1 atom stereocenters. The molecule has 2 heterocycles. The van der Waals surface area contributed by atoms with Gasteiger partial charge in [0.1, 0.15) is 10.0 Å². The van der Waals surface area contributed by atoms with Crippen molar-refractivity contribution in [1.29, 1.82) is 0 Å². The van der Waals surface area contributed by atoms with Crippen LogP contribution in [0.5, 0.6) is 0 Å². The average Bonchev–Trinajstić information content (AvgIpc) is 2.76. The summed E-state index contributed by atoms with van der Waals surface area (Å²) in [5.41, 5.74) is 0. The number of likely N-dealkylation sites (N-methyl/N-ethyl adjacent to an activating group) is 1. The minimum atomic E-state index is 0.625. The van der Waals surface area contributed by atoms with Crippen molar-refractivity contribution >= 4 is 23.1 Å². The molecule has 1 saturated heterocycles. The monoisotopic (exact) mass is 243 g/mol. The second kappa shape index (κ2) is 5.82. The van der Waals surface area contributed by atoms with Gasteiger partial charge in [-0.25, -0.2) is 0 Å². The number of nitrogens with one attached hydrogen (secondary N) is 1. The van der Waals surface area contributed by atoms with Gasteiger partial charge in [0.05, 0.1) is 5.25 Å². The summed E-state index contributed by atoms with van der Waals surface area (Å²) in [6.45, 7) is 0.993. The van der Waals surface area contributed by atoms with E-state index in [2.05, 4.69) is 15.5 Å². The number of nitrogens with zero attached hydrogens (tertiary/aromatic N) is 2. The lowest BCUT2D eigenvalue weighted by molar-refractivity contribution is 0.678. The zero-order chi connectivity index (χ0) is 10.5. The van der Waals surface area contributed by atoms with Crippen molar-refractivity contribution in [2.45, 2.75) is 30.9 Å². The van der Waals surface area contributed by atoms with Gasteiger partial charge < -0.3 is 5.32 Å². The van der Waals surface area contributed by atoms with Crippen molar-refractivity contribution in [3.05, 3.63) is 10.0 Å². The van der Waals surface area contributed by atoms with Crippen LogP contribution < -0.4 is 5.32 Å². The van der Waals surface area contributed by atoms with Crippen molar-refractivity contribution in [2.75, 3.05) is 19.3 Å². The number of hydrogen-bond acceptors (Lipinski definition) is 5. The van der Waals surface area contributed by atoms with Crippen molar-refractivity contribution in [1.82, 2.24) is 15.5 Å². The van der Waals surface area contributed by atoms with Crippen molar-refractivity contribution in [2.24, 2.45) is 0 Å². The minimum absolute atomic E-state index is 0.625. The second-order valence-corrected chi connectivity index (χ2v) is 6.15. The standard InChI is InChI=1S/C10H17N3S2/c1-11-6-5-9-12-13-10(15-9)8-4-2-3-7-14-8/h8,11H,2-7H2,1H3. The summed E-state index contributed by atoms with van der Waals surface area (Å²) in [4.78, 5) is 0. The van der Waals surface area contributed by atoms with Gasteiger partial charge in [0, 0.05) is 13.0 Å². The van der Waals surface area contributed by atoms with Crippen LogP contribution in [0, 0.1) is 0 Å². The molecule has 1 aromatic rings. The highest BCUT2D eigenvalue weighted by atomic mass is 32.2. The Labute approximate surface area is 99.1 Å². The van der Waals surface area contributed by atoms with Crippen molar-refractivity contribution in [3.63, 3.8) is 0 Å². The maximum atomic E-state index is 4.31. The maximum absolute atomic E-state index is 4.31. The first-order chi connectivity index (χ1) is 7.40. The highest BCUT2D eigenvalue weighted by molar-refractivity contribution is 7.99. The highest BCUT2D eigenvalue weighted by Crippen LogP contribution is 2.39. The molecule has 84 valence electrons. The van der Waals surface area contributed by atoms with Gasteiger partial charge in [-0.05, 0) is 25.6 Å². The molecule has 0 bridgehead atoms. The minimum Gasteiger partial charge on any atom is -0.319 e. The topological polar surface area (TPSA) is 37.8 Å². The third-order valence-electron chi connectivity index (χ3n) is 2.53. The average molecular weight is 243 g/mol. The van der Waals surface area contributed by atoms with Crippen LogP contribution in [0.25, 0.3) is 0 Å². The van der Waals surface area contributed by atoms with Gasteiger partial charge in [-0.2, -0.15) is 11.8 Å². The SMILES string of the molecule is CNCCc1nnc(C2CCCCS2)s1. The van der Waals surface area contributed by atoms with Crippen LogP contribution in [-0.2, 0) is 6.42 Å². The van der Waals surface area contributed by atoms with Crippen LogP contribution in [0.15, 0.2) is 0 Å². The van der Waals surface area contributed by atoms with E-state index in [1.54, 1.807) is 11.3 Å². The third kappa shape index (κ3) is 3.16. The van der Waals surface area contributed by atoms with Crippen LogP contribution >= 0.6 is 23.1 Å². The first kappa shape index (κ1) is 11.4. The van der Waals surface area contributed by atoms with E-state index in [-0.39, 0.29) is 0 Å². The van der Waals surface area contributed by atoms with E-state index in [0.717, 1.165) is 13.0 Å². The molecular formula is C10H17N3S2. The van der Waals surface area contributed by atoms with Gasteiger partial charge >= 0.3 is 0 Å². The number of hydrogen-bond donors (Lipinski definition) is 1. The second-order valence-electron chi connectivity index (χ2n) is 3.74. The predicted molar refractivity (Wildman–Crippen MR) is 66.6 cm³/mol. The molecule has 0 amide bonds. The van der Waals surface area contributed by atoms with E-state index in [1.165, 1.54) is 35.0 Å². The molecule has 5 heteroatoms. The van der Waals surface area contributed by atoms with E-state index in [1.807, 2.05) is 18.8 Å². The highest BCUT2D eigenvalue weighted by Gasteiger charge is 2.19. The Morgan fingerprint density at radius 1 is 1.40 bits per heavy atom. The Bertz CT molecular complexity index is 295. The van der Waals surface area contributed by atoms with Gasteiger partial charge in [0.2, 0.25) is 0 Å². The smallest absolute Gasteiger partial charge is 0.130 e. The largest absolute Gasteiger partial charge is 0.319 e. The van der Waals surface area contributed by atoms with Crippen LogP contribution in [0.3, 0.4) is 0 Å². The maximum Gasteiger partial charge on any atom is 0.130 e. The Balaban J connectivity index is 1.93. The fourth-order valence-electron chi connectivity index (χ4n) is 1.67. The van der Waals surface area contributed by atoms with Crippen LogP contribution in [-0.4, -0.2) is 29.5 Å². The molecule has 2 rings (SSSR count). The number of thioether (sulfide) groups is 1. The summed E-state index contributed by atoms with van der Waals surface area (Å²) in [5, 5.41) is 14.7. The molecule has 1 aliphatic heterocycles. The molecule has 1 aromatic heterocycles. The zero-order valence-electron chi connectivity index (χ0n) is 9.03. The predicted octanol–water partition coefficient (Wildman–Crippen LogP) is 2.26. The van der Waals surface area contributed by atoms with Gasteiger partial charge in [-0.3, -0.25) is 0 Å². The Morgan fingerprint density at radius 2 is 2.33 bits per heavy atom. The van der Waals surface area contributed by atoms with Crippen LogP contribution in [0.4, 0.5) is 0 Å². The molecule has 0 saturated carbocycles. The molecule has 3 nitrogen and oxygen atoms in total. The first-order valence-corrected chi connectivity index (χ1v) is 7.35. The van der Waals surface area contributed by atoms with Crippen molar-refractivity contribution in [3.8, 4) is 0 Å². The Morgan fingerprint density at radius 3 is 3.07 bits per heavy atom. The van der Waals surface area contributed by atoms with Gasteiger partial charge in [-0.15, -0.1) is 21.5 Å². The molecule has 1 N–H and O–H groups in total. The number of aromatic nitrogens is 2. The summed E-state index contributed by atoms with van der Waals surface area (Å²) >= 11 is 3.84. The summed E-state index contributed by atoms with van der Waals surface area (Å²) in [5.74, 6) is 1.29. The molecule has 1 fully saturated rings. The van der Waals surface area contributed by atoms with Crippen molar-refractivity contribution < 1.29 is 0 Å². The van der Waals surface area contributed by atoms with Crippen LogP contribution in [0.1, 0.15) is 34.5 Å². The molecule has 15 heavy (non-hydrogen) atoms. The fourth-order valence-corrected chi connectivity index (χ4v) is 4.05. The van der Waals surface area contributed by atoms with E-state index in [9.17, 15) is 0 Å². The molecule has 1 unspecified atom stereocenters. The fraction of sp³-hybridized carbons (Fsp3) is 0.800. The molecule has 0 aliphatic carbocycles. The summed E-state index contributed by atoms with van der Waals surface area (Å²) in [7, 11) is 1.97. The van der Waals surface area contributed by atoms with Crippen LogP contribution in [0.2, 0.25) is 0 Å². The summed E-state index contributed by atoms with van der Waals surface area (Å²) in [6, 6.07) is 0. The lowest BCUT2D eigenvalue weighted by atomic mass is 10.2. The summed E-state index contributed by atoms with van der Waals surface area (Å²) in [6.07, 6.45) is 5.01. The van der Waals surface area contributed by atoms with Gasteiger partial charge in [-0.1, -0.05) is 6.42 Å². The van der Waals surface area contributed by atoms with E-state index >= 15 is 0 Å². The lowest BCUT2D eigenvalue weighted by Gasteiger charge is -2.17. The normalized spacial score (nSPS) is 21.8. The lowest BCUT2D eigenvalue weighted by Crippen LogP contribution is -2.09. The zero-order valence-corrected chi connectivity index (χ0v) is 10.7. The molecule has 0 spiro atoms. The Hall–Kier alpha value is -0.130. The van der Waals surface area contributed by atoms with E-state index in [4.69, 9.17) is 0 Å². The quantitative estimate of drug-likeness (QED) is 0.880. The molecule has 1 aliphatic rings. The Kier molecular flexibility index (Phi) is 4.41. The molecule has 0 radical (unpaired) electrons. The van der Waals surface area contributed by atoms with Gasteiger partial charge in [0.15, 0.2) is 0 Å². The third-order valence-corrected chi connectivity index (χ3v) is 5.16. The first-order valence-electron chi connectivity index (χ1n) is 5.48. The van der Waals surface area contributed by atoms with Gasteiger partial charge in [0.25, 0.3) is 0 Å².